The fraction of sp³-hybridized carbons (Fsp3) is 0.308. The molecule has 1 aliphatic carbocycles. The predicted molar refractivity (Wildman–Crippen MR) is 74.5 cm³/mol. The zero-order valence-electron chi connectivity index (χ0n) is 10.8. The Morgan fingerprint density at radius 3 is 2.76 bits per heavy atom. The van der Waals surface area contributed by atoms with Crippen LogP contribution in [0, 0.1) is 5.13 Å². The number of anilines is 1. The predicted octanol–water partition coefficient (Wildman–Crippen LogP) is 3.94. The van der Waals surface area contributed by atoms with Crippen LogP contribution in [0.4, 0.5) is 19.1 Å². The Morgan fingerprint density at radius 2 is 2.14 bits per heavy atom. The van der Waals surface area contributed by atoms with Crippen molar-refractivity contribution < 1.29 is 13.2 Å². The average Bonchev–Trinajstić information content (AvgIpc) is 3.22. The van der Waals surface area contributed by atoms with Crippen LogP contribution < -0.4 is 5.43 Å². The van der Waals surface area contributed by atoms with E-state index in [0.29, 0.717) is 10.6 Å². The monoisotopic (exact) mass is 312 g/mol. The molecule has 0 atom stereocenters. The van der Waals surface area contributed by atoms with E-state index >= 15 is 0 Å². The molecule has 0 saturated heterocycles. The fourth-order valence-electron chi connectivity index (χ4n) is 1.79. The number of hydrogen-bond donors (Lipinski definition) is 1. The van der Waals surface area contributed by atoms with Gasteiger partial charge in [-0.2, -0.15) is 9.49 Å². The molecule has 0 aromatic carbocycles. The van der Waals surface area contributed by atoms with Crippen LogP contribution in [0.5, 0.6) is 0 Å². The first-order valence-corrected chi connectivity index (χ1v) is 7.15. The minimum atomic E-state index is -2.65. The van der Waals surface area contributed by atoms with E-state index in [-0.39, 0.29) is 22.7 Å². The maximum Gasteiger partial charge on any atom is 0.280 e. The summed E-state index contributed by atoms with van der Waals surface area (Å²) in [5, 5.41) is 3.53. The van der Waals surface area contributed by atoms with Gasteiger partial charge in [0.1, 0.15) is 5.69 Å². The summed E-state index contributed by atoms with van der Waals surface area (Å²) in [7, 11) is 0. The molecule has 0 aliphatic heterocycles. The lowest BCUT2D eigenvalue weighted by Crippen LogP contribution is -2.03. The highest BCUT2D eigenvalue weighted by atomic mass is 32.1. The van der Waals surface area contributed by atoms with Crippen molar-refractivity contribution in [1.29, 1.82) is 0 Å². The molecule has 8 heteroatoms. The SMILES string of the molecule is Fc1ccc(C=NNc2nc(C(F)F)cc(C3CC3)n2)s1. The standard InChI is InChI=1S/C13H11F3N4S/c14-11-4-3-8(21-11)6-17-20-13-18-9(7-1-2-7)5-10(19-13)12(15)16/h3-7,12H,1-2H2,(H,18,19,20). The number of halogens is 3. The van der Waals surface area contributed by atoms with Gasteiger partial charge in [-0.25, -0.2) is 24.2 Å². The van der Waals surface area contributed by atoms with Gasteiger partial charge in [0, 0.05) is 11.6 Å². The number of hydrogen-bond acceptors (Lipinski definition) is 5. The second kappa shape index (κ2) is 5.80. The highest BCUT2D eigenvalue weighted by molar-refractivity contribution is 7.12. The van der Waals surface area contributed by atoms with E-state index < -0.39 is 6.43 Å². The number of hydrazone groups is 1. The zero-order chi connectivity index (χ0) is 14.8. The molecule has 0 radical (unpaired) electrons. The van der Waals surface area contributed by atoms with E-state index in [1.54, 1.807) is 6.07 Å². The van der Waals surface area contributed by atoms with Crippen LogP contribution in [0.1, 0.15) is 41.4 Å². The molecule has 0 amide bonds. The van der Waals surface area contributed by atoms with Gasteiger partial charge in [0.25, 0.3) is 6.43 Å². The Morgan fingerprint density at radius 1 is 1.33 bits per heavy atom. The van der Waals surface area contributed by atoms with Crippen molar-refractivity contribution in [2.24, 2.45) is 5.10 Å². The van der Waals surface area contributed by atoms with Gasteiger partial charge < -0.3 is 0 Å². The molecule has 21 heavy (non-hydrogen) atoms. The van der Waals surface area contributed by atoms with E-state index in [0.717, 1.165) is 24.2 Å². The van der Waals surface area contributed by atoms with Crippen LogP contribution in [0.2, 0.25) is 0 Å². The summed E-state index contributed by atoms with van der Waals surface area (Å²) in [6, 6.07) is 4.23. The first kappa shape index (κ1) is 14.0. The van der Waals surface area contributed by atoms with E-state index in [2.05, 4.69) is 20.5 Å². The third-order valence-electron chi connectivity index (χ3n) is 2.94. The number of nitrogens with zero attached hydrogens (tertiary/aromatic N) is 3. The molecule has 2 aromatic rings. The molecule has 110 valence electrons. The molecule has 1 saturated carbocycles. The van der Waals surface area contributed by atoms with Gasteiger partial charge in [-0.1, -0.05) is 0 Å². The number of rotatable bonds is 5. The summed E-state index contributed by atoms with van der Waals surface area (Å²) in [6.45, 7) is 0. The Hall–Kier alpha value is -1.96. The summed E-state index contributed by atoms with van der Waals surface area (Å²) < 4.78 is 38.4. The maximum absolute atomic E-state index is 12.8. The highest BCUT2D eigenvalue weighted by Gasteiger charge is 2.27. The average molecular weight is 312 g/mol. The second-order valence-electron chi connectivity index (χ2n) is 4.63. The molecular formula is C13H11F3N4S. The molecule has 2 heterocycles. The number of alkyl halides is 2. The second-order valence-corrected chi connectivity index (χ2v) is 5.69. The quantitative estimate of drug-likeness (QED) is 0.672. The largest absolute Gasteiger partial charge is 0.280 e. The fourth-order valence-corrected chi connectivity index (χ4v) is 2.39. The Bertz CT molecular complexity index is 647. The molecule has 0 unspecified atom stereocenters. The van der Waals surface area contributed by atoms with Gasteiger partial charge in [0.2, 0.25) is 5.95 Å². The van der Waals surface area contributed by atoms with E-state index in [1.807, 2.05) is 0 Å². The van der Waals surface area contributed by atoms with Crippen molar-refractivity contribution in [1.82, 2.24) is 9.97 Å². The molecule has 1 fully saturated rings. The first-order chi connectivity index (χ1) is 10.1. The van der Waals surface area contributed by atoms with Crippen LogP contribution >= 0.6 is 11.3 Å². The number of aromatic nitrogens is 2. The van der Waals surface area contributed by atoms with Gasteiger partial charge in [-0.15, -0.1) is 11.3 Å². The number of nitrogens with one attached hydrogen (secondary N) is 1. The van der Waals surface area contributed by atoms with Gasteiger partial charge in [0.05, 0.1) is 11.1 Å². The molecular weight excluding hydrogens is 301 g/mol. The lowest BCUT2D eigenvalue weighted by molar-refractivity contribution is 0.146. The lowest BCUT2D eigenvalue weighted by atomic mass is 10.2. The zero-order valence-corrected chi connectivity index (χ0v) is 11.6. The highest BCUT2D eigenvalue weighted by Crippen LogP contribution is 2.40. The molecule has 4 nitrogen and oxygen atoms in total. The van der Waals surface area contributed by atoms with Crippen LogP contribution in [0.25, 0.3) is 0 Å². The minimum absolute atomic E-state index is 0.0305. The summed E-state index contributed by atoms with van der Waals surface area (Å²) >= 11 is 0.932. The molecule has 3 rings (SSSR count). The van der Waals surface area contributed by atoms with Gasteiger partial charge in [-0.05, 0) is 31.0 Å². The van der Waals surface area contributed by atoms with E-state index in [9.17, 15) is 13.2 Å². The Balaban J connectivity index is 1.76. The molecule has 1 N–H and O–H groups in total. The maximum atomic E-state index is 12.8. The van der Waals surface area contributed by atoms with Crippen molar-refractivity contribution in [2.75, 3.05) is 5.43 Å². The third kappa shape index (κ3) is 3.57. The van der Waals surface area contributed by atoms with E-state index in [4.69, 9.17) is 0 Å². The van der Waals surface area contributed by atoms with Crippen molar-refractivity contribution in [2.45, 2.75) is 25.2 Å². The van der Waals surface area contributed by atoms with Crippen molar-refractivity contribution in [3.63, 3.8) is 0 Å². The van der Waals surface area contributed by atoms with Crippen molar-refractivity contribution >= 4 is 23.5 Å². The normalized spacial score (nSPS) is 15.0. The minimum Gasteiger partial charge on any atom is -0.245 e. The molecule has 2 aromatic heterocycles. The third-order valence-corrected chi connectivity index (χ3v) is 3.74. The number of thiophene rings is 1. The Kier molecular flexibility index (Phi) is 3.87. The van der Waals surface area contributed by atoms with Crippen molar-refractivity contribution in [3.05, 3.63) is 39.6 Å². The van der Waals surface area contributed by atoms with Gasteiger partial charge >= 0.3 is 0 Å². The summed E-state index contributed by atoms with van der Waals surface area (Å²) in [4.78, 5) is 8.50. The first-order valence-electron chi connectivity index (χ1n) is 6.33. The smallest absolute Gasteiger partial charge is 0.245 e. The topological polar surface area (TPSA) is 50.2 Å². The summed E-state index contributed by atoms with van der Waals surface area (Å²) in [5.41, 5.74) is 2.82. The van der Waals surface area contributed by atoms with Gasteiger partial charge in [0.15, 0.2) is 5.13 Å². The summed E-state index contributed by atoms with van der Waals surface area (Å²) in [5.74, 6) is 0.268. The lowest BCUT2D eigenvalue weighted by Gasteiger charge is -2.06. The Labute approximate surface area is 122 Å². The molecule has 0 bridgehead atoms. The van der Waals surface area contributed by atoms with Crippen LogP contribution in [0.3, 0.4) is 0 Å². The van der Waals surface area contributed by atoms with Crippen LogP contribution in [-0.4, -0.2) is 16.2 Å². The summed E-state index contributed by atoms with van der Waals surface area (Å²) in [6.07, 6.45) is 0.651. The van der Waals surface area contributed by atoms with E-state index in [1.165, 1.54) is 18.3 Å². The van der Waals surface area contributed by atoms with Crippen molar-refractivity contribution in [3.8, 4) is 0 Å². The van der Waals surface area contributed by atoms with Crippen LogP contribution in [0.15, 0.2) is 23.3 Å². The van der Waals surface area contributed by atoms with Crippen LogP contribution in [-0.2, 0) is 0 Å². The van der Waals surface area contributed by atoms with Gasteiger partial charge in [-0.3, -0.25) is 0 Å². The molecule has 0 spiro atoms. The molecule has 1 aliphatic rings.